The van der Waals surface area contributed by atoms with E-state index in [2.05, 4.69) is 5.10 Å². The Kier molecular flexibility index (Phi) is 3.57. The van der Waals surface area contributed by atoms with Crippen molar-refractivity contribution in [2.45, 2.75) is 21.7 Å². The van der Waals surface area contributed by atoms with Crippen molar-refractivity contribution in [3.63, 3.8) is 0 Å². The van der Waals surface area contributed by atoms with Crippen molar-refractivity contribution in [2.24, 2.45) is 12.2 Å². The van der Waals surface area contributed by atoms with Crippen molar-refractivity contribution in [2.75, 3.05) is 5.73 Å². The molecule has 0 atom stereocenters. The minimum atomic E-state index is -3.73. The number of benzene rings is 1. The highest BCUT2D eigenvalue weighted by Crippen LogP contribution is 2.33. The van der Waals surface area contributed by atoms with Crippen LogP contribution in [0, 0.1) is 6.92 Å². The predicted octanol–water partition coefficient (Wildman–Crippen LogP) is 1.11. The Morgan fingerprint density at radius 2 is 2.00 bits per heavy atom. The van der Waals surface area contributed by atoms with Crippen LogP contribution in [0.4, 0.5) is 5.69 Å². The minimum absolute atomic E-state index is 0.00976. The Labute approximate surface area is 115 Å². The zero-order valence-corrected chi connectivity index (χ0v) is 12.1. The molecule has 0 amide bonds. The van der Waals surface area contributed by atoms with Crippen molar-refractivity contribution in [3.05, 3.63) is 30.0 Å². The van der Waals surface area contributed by atoms with Crippen molar-refractivity contribution in [3.8, 4) is 0 Å². The molecule has 0 spiro atoms. The van der Waals surface area contributed by atoms with Crippen LogP contribution in [0.5, 0.6) is 0 Å². The number of anilines is 1. The molecule has 1 aromatic carbocycles. The van der Waals surface area contributed by atoms with E-state index in [1.807, 2.05) is 20.0 Å². The molecule has 0 saturated carbocycles. The van der Waals surface area contributed by atoms with Crippen LogP contribution in [0.2, 0.25) is 0 Å². The number of sulfonamides is 1. The first-order valence-corrected chi connectivity index (χ1v) is 7.74. The van der Waals surface area contributed by atoms with Crippen LogP contribution in [0.3, 0.4) is 0 Å². The highest BCUT2D eigenvalue weighted by atomic mass is 32.2. The lowest BCUT2D eigenvalue weighted by Crippen LogP contribution is -2.12. The second-order valence-electron chi connectivity index (χ2n) is 4.09. The molecule has 0 bridgehead atoms. The standard InChI is InChI=1S/C11H14N4O2S2/c1-7-5-11(15(2)14-7)18-10-4-3-8(6-9(10)12)19(13,16)17/h3-6H,12H2,1-2H3,(H2,13,16,17). The van der Waals surface area contributed by atoms with E-state index in [4.69, 9.17) is 10.9 Å². The molecule has 0 aliphatic carbocycles. The summed E-state index contributed by atoms with van der Waals surface area (Å²) in [5.41, 5.74) is 7.13. The zero-order valence-electron chi connectivity index (χ0n) is 10.5. The third kappa shape index (κ3) is 3.09. The van der Waals surface area contributed by atoms with Gasteiger partial charge in [0, 0.05) is 17.6 Å². The normalized spacial score (nSPS) is 11.7. The highest BCUT2D eigenvalue weighted by Gasteiger charge is 2.12. The lowest BCUT2D eigenvalue weighted by Gasteiger charge is -2.07. The van der Waals surface area contributed by atoms with Gasteiger partial charge in [0.2, 0.25) is 10.0 Å². The summed E-state index contributed by atoms with van der Waals surface area (Å²) >= 11 is 1.42. The van der Waals surface area contributed by atoms with Gasteiger partial charge in [-0.05, 0) is 31.2 Å². The van der Waals surface area contributed by atoms with Crippen LogP contribution < -0.4 is 10.9 Å². The van der Waals surface area contributed by atoms with E-state index in [1.54, 1.807) is 10.7 Å². The molecule has 1 aromatic heterocycles. The Morgan fingerprint density at radius 1 is 1.32 bits per heavy atom. The summed E-state index contributed by atoms with van der Waals surface area (Å²) in [6, 6.07) is 6.37. The molecule has 6 nitrogen and oxygen atoms in total. The first-order valence-electron chi connectivity index (χ1n) is 5.38. The molecule has 2 aromatic rings. The molecule has 0 aliphatic rings. The van der Waals surface area contributed by atoms with E-state index in [1.165, 1.54) is 23.9 Å². The van der Waals surface area contributed by atoms with Gasteiger partial charge in [0.15, 0.2) is 0 Å². The predicted molar refractivity (Wildman–Crippen MR) is 74.3 cm³/mol. The second-order valence-corrected chi connectivity index (χ2v) is 6.72. The maximum Gasteiger partial charge on any atom is 0.238 e. The van der Waals surface area contributed by atoms with E-state index in [0.717, 1.165) is 15.6 Å². The third-order valence-corrected chi connectivity index (χ3v) is 4.58. The summed E-state index contributed by atoms with van der Waals surface area (Å²) in [7, 11) is -1.89. The quantitative estimate of drug-likeness (QED) is 0.826. The monoisotopic (exact) mass is 298 g/mol. The van der Waals surface area contributed by atoms with Crippen LogP contribution in [0.25, 0.3) is 0 Å². The van der Waals surface area contributed by atoms with Gasteiger partial charge in [-0.1, -0.05) is 11.8 Å². The van der Waals surface area contributed by atoms with E-state index in [-0.39, 0.29) is 4.90 Å². The topological polar surface area (TPSA) is 104 Å². The van der Waals surface area contributed by atoms with Crippen LogP contribution in [0.15, 0.2) is 39.1 Å². The molecule has 0 aliphatic heterocycles. The summed E-state index contributed by atoms with van der Waals surface area (Å²) in [6.07, 6.45) is 0. The van der Waals surface area contributed by atoms with Crippen molar-refractivity contribution >= 4 is 27.5 Å². The third-order valence-electron chi connectivity index (χ3n) is 2.48. The fraction of sp³-hybridized carbons (Fsp3) is 0.182. The number of nitrogens with zero attached hydrogens (tertiary/aromatic N) is 2. The SMILES string of the molecule is Cc1cc(Sc2ccc(S(N)(=O)=O)cc2N)n(C)n1. The lowest BCUT2D eigenvalue weighted by molar-refractivity contribution is 0.598. The van der Waals surface area contributed by atoms with Crippen molar-refractivity contribution in [1.29, 1.82) is 0 Å². The van der Waals surface area contributed by atoms with Gasteiger partial charge in [-0.2, -0.15) is 5.10 Å². The summed E-state index contributed by atoms with van der Waals surface area (Å²) in [4.78, 5) is 0.769. The van der Waals surface area contributed by atoms with E-state index in [9.17, 15) is 8.42 Å². The smallest absolute Gasteiger partial charge is 0.238 e. The first kappa shape index (κ1) is 13.9. The maximum atomic E-state index is 11.2. The second kappa shape index (κ2) is 4.87. The van der Waals surface area contributed by atoms with Crippen LogP contribution in [-0.2, 0) is 17.1 Å². The van der Waals surface area contributed by atoms with Gasteiger partial charge in [-0.25, -0.2) is 13.6 Å². The number of nitrogens with two attached hydrogens (primary N) is 2. The molecule has 0 radical (unpaired) electrons. The van der Waals surface area contributed by atoms with Crippen molar-refractivity contribution in [1.82, 2.24) is 9.78 Å². The molecule has 19 heavy (non-hydrogen) atoms. The van der Waals surface area contributed by atoms with Crippen LogP contribution >= 0.6 is 11.8 Å². The molecular weight excluding hydrogens is 284 g/mol. The molecule has 8 heteroatoms. The fourth-order valence-electron chi connectivity index (χ4n) is 1.59. The van der Waals surface area contributed by atoms with Gasteiger partial charge in [0.25, 0.3) is 0 Å². The number of primary sulfonamides is 1. The molecule has 102 valence electrons. The first-order chi connectivity index (χ1) is 8.77. The molecule has 0 unspecified atom stereocenters. The summed E-state index contributed by atoms with van der Waals surface area (Å²) < 4.78 is 24.2. The Morgan fingerprint density at radius 3 is 2.47 bits per heavy atom. The molecule has 4 N–H and O–H groups in total. The maximum absolute atomic E-state index is 11.2. The molecular formula is C11H14N4O2S2. The highest BCUT2D eigenvalue weighted by molar-refractivity contribution is 7.99. The van der Waals surface area contributed by atoms with E-state index in [0.29, 0.717) is 5.69 Å². The summed E-state index contributed by atoms with van der Waals surface area (Å²) in [5.74, 6) is 0. The molecule has 0 fully saturated rings. The Bertz CT molecular complexity index is 722. The van der Waals surface area contributed by atoms with Crippen molar-refractivity contribution < 1.29 is 8.42 Å². The van der Waals surface area contributed by atoms with Gasteiger partial charge in [-0.15, -0.1) is 0 Å². The zero-order chi connectivity index (χ0) is 14.2. The average molecular weight is 298 g/mol. The minimum Gasteiger partial charge on any atom is -0.398 e. The van der Waals surface area contributed by atoms with Gasteiger partial charge in [-0.3, -0.25) is 4.68 Å². The van der Waals surface area contributed by atoms with Gasteiger partial charge >= 0.3 is 0 Å². The fourth-order valence-corrected chi connectivity index (χ4v) is 3.08. The van der Waals surface area contributed by atoms with Gasteiger partial charge < -0.3 is 5.73 Å². The summed E-state index contributed by atoms with van der Waals surface area (Å²) in [5, 5.41) is 10.2. The number of hydrogen-bond acceptors (Lipinski definition) is 5. The number of aryl methyl sites for hydroxylation is 2. The lowest BCUT2D eigenvalue weighted by atomic mass is 10.3. The Balaban J connectivity index is 2.35. The average Bonchev–Trinajstić information content (AvgIpc) is 2.59. The van der Waals surface area contributed by atoms with Gasteiger partial charge in [0.1, 0.15) is 0 Å². The summed E-state index contributed by atoms with van der Waals surface area (Å²) in [6.45, 7) is 1.90. The molecule has 2 rings (SSSR count). The number of hydrogen-bond donors (Lipinski definition) is 2. The largest absolute Gasteiger partial charge is 0.398 e. The Hall–Kier alpha value is -1.51. The van der Waals surface area contributed by atoms with Gasteiger partial charge in [0.05, 0.1) is 15.6 Å². The number of rotatable bonds is 3. The molecule has 1 heterocycles. The number of aromatic nitrogens is 2. The van der Waals surface area contributed by atoms with Crippen LogP contribution in [0.1, 0.15) is 5.69 Å². The van der Waals surface area contributed by atoms with Crippen LogP contribution in [-0.4, -0.2) is 18.2 Å². The molecule has 0 saturated heterocycles. The van der Waals surface area contributed by atoms with E-state index >= 15 is 0 Å². The van der Waals surface area contributed by atoms with E-state index < -0.39 is 10.0 Å². The number of nitrogen functional groups attached to an aromatic ring is 1.